The summed E-state index contributed by atoms with van der Waals surface area (Å²) < 4.78 is 16.5. The predicted octanol–water partition coefficient (Wildman–Crippen LogP) is 3.53. The molecule has 0 bridgehead atoms. The predicted molar refractivity (Wildman–Crippen MR) is 79.8 cm³/mol. The van der Waals surface area contributed by atoms with Gasteiger partial charge in [-0.15, -0.1) is 0 Å². The maximum Gasteiger partial charge on any atom is 0.136 e. The van der Waals surface area contributed by atoms with Crippen LogP contribution in [-0.4, -0.2) is 9.38 Å². The molecule has 0 saturated carbocycles. The van der Waals surface area contributed by atoms with Gasteiger partial charge in [0.2, 0.25) is 0 Å². The highest BCUT2D eigenvalue weighted by atomic mass is 79.9. The Bertz CT molecular complexity index is 739. The van der Waals surface area contributed by atoms with Crippen LogP contribution in [0.4, 0.5) is 4.39 Å². The molecule has 2 aromatic heterocycles. The molecular formula is C15H13BrFN3. The number of fused-ring (bicyclic) bond motifs is 1. The Balaban J connectivity index is 1.71. The van der Waals surface area contributed by atoms with Crippen molar-refractivity contribution < 1.29 is 4.39 Å². The molecule has 3 rings (SSSR count). The van der Waals surface area contributed by atoms with E-state index < -0.39 is 0 Å². The van der Waals surface area contributed by atoms with Gasteiger partial charge in [-0.1, -0.05) is 18.2 Å². The zero-order chi connectivity index (χ0) is 13.9. The number of nitrogens with zero attached hydrogens (tertiary/aromatic N) is 2. The minimum atomic E-state index is -0.180. The second-order valence-corrected chi connectivity index (χ2v) is 5.44. The first-order chi connectivity index (χ1) is 9.74. The Morgan fingerprint density at radius 1 is 1.15 bits per heavy atom. The van der Waals surface area contributed by atoms with Crippen molar-refractivity contribution in [2.45, 2.75) is 13.1 Å². The van der Waals surface area contributed by atoms with Crippen LogP contribution in [0.5, 0.6) is 0 Å². The molecule has 1 N–H and O–H groups in total. The molecule has 0 fully saturated rings. The quantitative estimate of drug-likeness (QED) is 0.791. The van der Waals surface area contributed by atoms with Crippen molar-refractivity contribution in [2.24, 2.45) is 0 Å². The van der Waals surface area contributed by atoms with Gasteiger partial charge in [-0.3, -0.25) is 0 Å². The fourth-order valence-corrected chi connectivity index (χ4v) is 2.44. The second-order valence-electron chi connectivity index (χ2n) is 4.52. The summed E-state index contributed by atoms with van der Waals surface area (Å²) in [7, 11) is 0. The molecule has 0 saturated heterocycles. The lowest BCUT2D eigenvalue weighted by atomic mass is 10.2. The SMILES string of the molecule is Fc1ccccc1CNCc1cnc2ccc(Br)cn12. The normalized spacial score (nSPS) is 11.1. The Labute approximate surface area is 124 Å². The number of nitrogens with one attached hydrogen (secondary N) is 1. The third-order valence-electron chi connectivity index (χ3n) is 3.13. The minimum absolute atomic E-state index is 0.180. The number of hydrogen-bond donors (Lipinski definition) is 1. The van der Waals surface area contributed by atoms with E-state index in [1.165, 1.54) is 6.07 Å². The molecule has 0 radical (unpaired) electrons. The van der Waals surface area contributed by atoms with Crippen molar-refractivity contribution in [3.8, 4) is 0 Å². The molecule has 0 aliphatic carbocycles. The number of imidazole rings is 1. The molecule has 3 nitrogen and oxygen atoms in total. The summed E-state index contributed by atoms with van der Waals surface area (Å²) in [5.74, 6) is -0.180. The van der Waals surface area contributed by atoms with E-state index in [2.05, 4.69) is 26.2 Å². The zero-order valence-corrected chi connectivity index (χ0v) is 12.3. The molecule has 3 aromatic rings. The van der Waals surface area contributed by atoms with Crippen LogP contribution in [0.15, 0.2) is 53.3 Å². The van der Waals surface area contributed by atoms with E-state index in [1.807, 2.05) is 35.0 Å². The Hall–Kier alpha value is -1.72. The maximum atomic E-state index is 13.5. The van der Waals surface area contributed by atoms with Gasteiger partial charge < -0.3 is 9.72 Å². The van der Waals surface area contributed by atoms with Crippen LogP contribution >= 0.6 is 15.9 Å². The van der Waals surface area contributed by atoms with Gasteiger partial charge in [0.1, 0.15) is 11.5 Å². The minimum Gasteiger partial charge on any atom is -0.307 e. The molecule has 1 aromatic carbocycles. The van der Waals surface area contributed by atoms with Gasteiger partial charge in [0.15, 0.2) is 0 Å². The van der Waals surface area contributed by atoms with Gasteiger partial charge in [0, 0.05) is 29.3 Å². The summed E-state index contributed by atoms with van der Waals surface area (Å²) in [6, 6.07) is 10.7. The standard InChI is InChI=1S/C15H13BrFN3/c16-12-5-6-15-19-9-13(20(15)10-12)8-18-7-11-3-1-2-4-14(11)17/h1-6,9-10,18H,7-8H2. The fraction of sp³-hybridized carbons (Fsp3) is 0.133. The zero-order valence-electron chi connectivity index (χ0n) is 10.7. The van der Waals surface area contributed by atoms with Crippen molar-refractivity contribution >= 4 is 21.6 Å². The Morgan fingerprint density at radius 3 is 2.85 bits per heavy atom. The van der Waals surface area contributed by atoms with E-state index in [-0.39, 0.29) is 5.82 Å². The Kier molecular flexibility index (Phi) is 3.80. The van der Waals surface area contributed by atoms with Crippen LogP contribution < -0.4 is 5.32 Å². The highest BCUT2D eigenvalue weighted by Crippen LogP contribution is 2.14. The van der Waals surface area contributed by atoms with Crippen LogP contribution in [0.25, 0.3) is 5.65 Å². The van der Waals surface area contributed by atoms with Gasteiger partial charge in [-0.25, -0.2) is 9.37 Å². The average molecular weight is 334 g/mol. The van der Waals surface area contributed by atoms with E-state index >= 15 is 0 Å². The van der Waals surface area contributed by atoms with Crippen molar-refractivity contribution in [1.82, 2.24) is 14.7 Å². The maximum absolute atomic E-state index is 13.5. The number of aromatic nitrogens is 2. The van der Waals surface area contributed by atoms with E-state index in [0.717, 1.165) is 15.8 Å². The second kappa shape index (κ2) is 5.73. The van der Waals surface area contributed by atoms with E-state index in [0.29, 0.717) is 18.7 Å². The van der Waals surface area contributed by atoms with E-state index in [4.69, 9.17) is 0 Å². The number of pyridine rings is 1. The fourth-order valence-electron chi connectivity index (χ4n) is 2.10. The van der Waals surface area contributed by atoms with Gasteiger partial charge in [-0.2, -0.15) is 0 Å². The number of halogens is 2. The van der Waals surface area contributed by atoms with Crippen molar-refractivity contribution in [3.05, 3.63) is 70.3 Å². The average Bonchev–Trinajstić information content (AvgIpc) is 2.83. The molecule has 20 heavy (non-hydrogen) atoms. The topological polar surface area (TPSA) is 29.3 Å². The molecule has 2 heterocycles. The number of benzene rings is 1. The summed E-state index contributed by atoms with van der Waals surface area (Å²) in [5, 5.41) is 3.24. The highest BCUT2D eigenvalue weighted by Gasteiger charge is 2.04. The lowest BCUT2D eigenvalue weighted by Crippen LogP contribution is -2.14. The monoisotopic (exact) mass is 333 g/mol. The molecule has 0 aliphatic heterocycles. The third kappa shape index (κ3) is 2.73. The van der Waals surface area contributed by atoms with Crippen LogP contribution in [-0.2, 0) is 13.1 Å². The molecule has 0 unspecified atom stereocenters. The highest BCUT2D eigenvalue weighted by molar-refractivity contribution is 9.10. The summed E-state index contributed by atoms with van der Waals surface area (Å²) in [5.41, 5.74) is 2.61. The first-order valence-electron chi connectivity index (χ1n) is 6.29. The van der Waals surface area contributed by atoms with Gasteiger partial charge in [-0.05, 0) is 34.1 Å². The van der Waals surface area contributed by atoms with Crippen molar-refractivity contribution in [1.29, 1.82) is 0 Å². The number of rotatable bonds is 4. The summed E-state index contributed by atoms with van der Waals surface area (Å²) in [6.45, 7) is 1.12. The van der Waals surface area contributed by atoms with Crippen LogP contribution in [0.1, 0.15) is 11.3 Å². The molecule has 0 atom stereocenters. The molecule has 0 aliphatic rings. The molecule has 102 valence electrons. The first-order valence-corrected chi connectivity index (χ1v) is 7.09. The number of hydrogen-bond acceptors (Lipinski definition) is 2. The molecule has 0 spiro atoms. The van der Waals surface area contributed by atoms with Crippen LogP contribution in [0, 0.1) is 5.82 Å². The van der Waals surface area contributed by atoms with Crippen LogP contribution in [0.2, 0.25) is 0 Å². The molecular weight excluding hydrogens is 321 g/mol. The smallest absolute Gasteiger partial charge is 0.136 e. The van der Waals surface area contributed by atoms with Crippen molar-refractivity contribution in [3.63, 3.8) is 0 Å². The summed E-state index contributed by atoms with van der Waals surface area (Å²) in [4.78, 5) is 4.33. The summed E-state index contributed by atoms with van der Waals surface area (Å²) >= 11 is 3.45. The molecule has 0 amide bonds. The lowest BCUT2D eigenvalue weighted by molar-refractivity contribution is 0.585. The molecule has 5 heteroatoms. The van der Waals surface area contributed by atoms with Gasteiger partial charge in [0.05, 0.1) is 11.9 Å². The lowest BCUT2D eigenvalue weighted by Gasteiger charge is -2.06. The Morgan fingerprint density at radius 2 is 2.00 bits per heavy atom. The summed E-state index contributed by atoms with van der Waals surface area (Å²) in [6.07, 6.45) is 3.80. The van der Waals surface area contributed by atoms with E-state index in [9.17, 15) is 4.39 Å². The van der Waals surface area contributed by atoms with E-state index in [1.54, 1.807) is 12.1 Å². The van der Waals surface area contributed by atoms with Gasteiger partial charge >= 0.3 is 0 Å². The van der Waals surface area contributed by atoms with Crippen LogP contribution in [0.3, 0.4) is 0 Å². The third-order valence-corrected chi connectivity index (χ3v) is 3.59. The first kappa shape index (κ1) is 13.3. The van der Waals surface area contributed by atoms with Gasteiger partial charge in [0.25, 0.3) is 0 Å². The largest absolute Gasteiger partial charge is 0.307 e. The van der Waals surface area contributed by atoms with Crippen molar-refractivity contribution in [2.75, 3.05) is 0 Å².